The average Bonchev–Trinajstić information content (AvgIpc) is 2.93. The van der Waals surface area contributed by atoms with E-state index in [9.17, 15) is 26.0 Å². The van der Waals surface area contributed by atoms with Crippen molar-refractivity contribution in [1.29, 1.82) is 0 Å². The molecule has 0 bridgehead atoms. The maximum absolute atomic E-state index is 13.5. The summed E-state index contributed by atoms with van der Waals surface area (Å²) in [5, 5.41) is 2.58. The second-order valence-corrected chi connectivity index (χ2v) is 11.9. The van der Waals surface area contributed by atoms with Crippen LogP contribution in [0, 0.1) is 5.82 Å². The summed E-state index contributed by atoms with van der Waals surface area (Å²) < 4.78 is 74.4. The van der Waals surface area contributed by atoms with Crippen LogP contribution in [-0.4, -0.2) is 40.9 Å². The van der Waals surface area contributed by atoms with Crippen LogP contribution >= 0.6 is 0 Å². The van der Waals surface area contributed by atoms with Crippen molar-refractivity contribution in [2.75, 3.05) is 27.5 Å². The number of hydrogen-bond acceptors (Lipinski definition) is 7. The van der Waals surface area contributed by atoms with E-state index in [0.717, 1.165) is 28.6 Å². The Kier molecular flexibility index (Phi) is 8.65. The van der Waals surface area contributed by atoms with E-state index < -0.39 is 38.3 Å². The van der Waals surface area contributed by atoms with Crippen molar-refractivity contribution >= 4 is 43.0 Å². The molecule has 4 aromatic rings. The van der Waals surface area contributed by atoms with Gasteiger partial charge in [-0.15, -0.1) is 0 Å². The van der Waals surface area contributed by atoms with Crippen molar-refractivity contribution in [2.24, 2.45) is 0 Å². The molecule has 0 atom stereocenters. The van der Waals surface area contributed by atoms with Crippen LogP contribution in [0.3, 0.4) is 0 Å². The lowest BCUT2D eigenvalue weighted by Crippen LogP contribution is -2.38. The lowest BCUT2D eigenvalue weighted by atomic mass is 10.3. The number of nitrogens with zero attached hydrogens (tertiary/aromatic N) is 2. The van der Waals surface area contributed by atoms with Gasteiger partial charge in [0.25, 0.3) is 20.0 Å². The normalized spacial score (nSPS) is 11.4. The number of amides is 1. The number of benzene rings is 3. The van der Waals surface area contributed by atoms with Crippen LogP contribution in [0.4, 0.5) is 21.5 Å². The smallest absolute Gasteiger partial charge is 0.264 e. The zero-order valence-corrected chi connectivity index (χ0v) is 22.8. The Morgan fingerprint density at radius 2 is 1.52 bits per heavy atom. The molecule has 3 aromatic carbocycles. The summed E-state index contributed by atoms with van der Waals surface area (Å²) in [6.07, 6.45) is 2.87. The van der Waals surface area contributed by atoms with Gasteiger partial charge >= 0.3 is 0 Å². The van der Waals surface area contributed by atoms with Gasteiger partial charge in [-0.3, -0.25) is 18.8 Å². The molecular formula is C27H25FN4O6S2. The molecular weight excluding hydrogens is 559 g/mol. The third-order valence-corrected chi connectivity index (χ3v) is 8.67. The zero-order chi connectivity index (χ0) is 28.8. The molecule has 1 amide bonds. The van der Waals surface area contributed by atoms with Crippen LogP contribution in [0.1, 0.15) is 6.92 Å². The summed E-state index contributed by atoms with van der Waals surface area (Å²) in [7, 11) is -8.17. The number of rotatable bonds is 11. The molecule has 0 fully saturated rings. The number of halogens is 1. The fraction of sp³-hybridized carbons (Fsp3) is 0.111. The summed E-state index contributed by atoms with van der Waals surface area (Å²) >= 11 is 0. The molecule has 0 aliphatic carbocycles. The summed E-state index contributed by atoms with van der Waals surface area (Å²) in [5.74, 6) is -0.781. The Morgan fingerprint density at radius 1 is 0.875 bits per heavy atom. The molecule has 1 heterocycles. The van der Waals surface area contributed by atoms with Gasteiger partial charge in [0.2, 0.25) is 5.91 Å². The van der Waals surface area contributed by atoms with Crippen molar-refractivity contribution in [3.05, 3.63) is 103 Å². The molecule has 40 heavy (non-hydrogen) atoms. The van der Waals surface area contributed by atoms with Crippen LogP contribution in [0.15, 0.2) is 107 Å². The van der Waals surface area contributed by atoms with E-state index >= 15 is 0 Å². The minimum atomic E-state index is -4.27. The first-order valence-corrected chi connectivity index (χ1v) is 14.8. The van der Waals surface area contributed by atoms with E-state index in [1.807, 2.05) is 6.92 Å². The molecule has 10 nitrogen and oxygen atoms in total. The largest absolute Gasteiger partial charge is 0.494 e. The third kappa shape index (κ3) is 6.93. The number of anilines is 3. The number of pyridine rings is 1. The highest BCUT2D eigenvalue weighted by Gasteiger charge is 2.27. The third-order valence-electron chi connectivity index (χ3n) is 5.49. The van der Waals surface area contributed by atoms with Crippen LogP contribution < -0.4 is 19.1 Å². The lowest BCUT2D eigenvalue weighted by Gasteiger charge is -2.24. The Labute approximate surface area is 231 Å². The van der Waals surface area contributed by atoms with Gasteiger partial charge in [0.15, 0.2) is 0 Å². The fourth-order valence-corrected chi connectivity index (χ4v) is 6.07. The minimum absolute atomic E-state index is 0.0516. The highest BCUT2D eigenvalue weighted by molar-refractivity contribution is 7.93. The van der Waals surface area contributed by atoms with E-state index in [4.69, 9.17) is 4.74 Å². The van der Waals surface area contributed by atoms with Crippen molar-refractivity contribution < 1.29 is 30.8 Å². The number of sulfonamides is 2. The molecule has 2 N–H and O–H groups in total. The molecule has 4 rings (SSSR count). The molecule has 0 aliphatic heterocycles. The maximum Gasteiger partial charge on any atom is 0.264 e. The topological polar surface area (TPSA) is 135 Å². The number of hydrogen-bond donors (Lipinski definition) is 2. The van der Waals surface area contributed by atoms with Gasteiger partial charge in [0, 0.05) is 11.9 Å². The van der Waals surface area contributed by atoms with Crippen molar-refractivity contribution in [1.82, 2.24) is 4.98 Å². The standard InChI is InChI=1S/C27H25FN4O6S2/c1-2-38-24-11-9-23(10-12-24)32(40(36,37)26-13-5-20(28)6-14-26)19-27(33)30-21-7-15-25(16-8-21)39(34,35)31-22-4-3-17-29-18-22/h3-18,31H,2,19H2,1H3,(H,30,33). The van der Waals surface area contributed by atoms with E-state index in [1.54, 1.807) is 24.3 Å². The number of aromatic nitrogens is 1. The predicted molar refractivity (Wildman–Crippen MR) is 149 cm³/mol. The first-order valence-electron chi connectivity index (χ1n) is 11.9. The van der Waals surface area contributed by atoms with Gasteiger partial charge in [-0.2, -0.15) is 0 Å². The molecule has 0 radical (unpaired) electrons. The second-order valence-electron chi connectivity index (χ2n) is 8.31. The van der Waals surface area contributed by atoms with Gasteiger partial charge in [0.05, 0.1) is 34.0 Å². The van der Waals surface area contributed by atoms with E-state index in [0.29, 0.717) is 12.4 Å². The van der Waals surface area contributed by atoms with Crippen LogP contribution in [-0.2, 0) is 24.8 Å². The molecule has 0 saturated heterocycles. The summed E-state index contributed by atoms with van der Waals surface area (Å²) in [5.41, 5.74) is 0.721. The Balaban J connectivity index is 1.54. The van der Waals surface area contributed by atoms with E-state index in [2.05, 4.69) is 15.0 Å². The van der Waals surface area contributed by atoms with Crippen LogP contribution in [0.5, 0.6) is 5.75 Å². The molecule has 13 heteroatoms. The highest BCUT2D eigenvalue weighted by Crippen LogP contribution is 2.26. The van der Waals surface area contributed by atoms with Gasteiger partial charge in [0.1, 0.15) is 18.1 Å². The van der Waals surface area contributed by atoms with Gasteiger partial charge < -0.3 is 10.1 Å². The lowest BCUT2D eigenvalue weighted by molar-refractivity contribution is -0.114. The van der Waals surface area contributed by atoms with E-state index in [-0.39, 0.29) is 26.9 Å². The zero-order valence-electron chi connectivity index (χ0n) is 21.2. The quantitative estimate of drug-likeness (QED) is 0.269. The number of ether oxygens (including phenoxy) is 1. The highest BCUT2D eigenvalue weighted by atomic mass is 32.2. The number of carbonyl (C=O) groups excluding carboxylic acids is 1. The molecule has 1 aromatic heterocycles. The van der Waals surface area contributed by atoms with Gasteiger partial charge in [-0.1, -0.05) is 0 Å². The van der Waals surface area contributed by atoms with E-state index in [1.165, 1.54) is 48.8 Å². The van der Waals surface area contributed by atoms with Crippen LogP contribution in [0.2, 0.25) is 0 Å². The fourth-order valence-electron chi connectivity index (χ4n) is 3.61. The number of carbonyl (C=O) groups is 1. The molecule has 0 saturated carbocycles. The summed E-state index contributed by atoms with van der Waals surface area (Å²) in [6, 6.07) is 18.9. The van der Waals surface area contributed by atoms with Gasteiger partial charge in [-0.25, -0.2) is 21.2 Å². The van der Waals surface area contributed by atoms with Crippen molar-refractivity contribution in [2.45, 2.75) is 16.7 Å². The Bertz CT molecular complexity index is 1670. The molecule has 208 valence electrons. The second kappa shape index (κ2) is 12.1. The minimum Gasteiger partial charge on any atom is -0.494 e. The Morgan fingerprint density at radius 3 is 2.12 bits per heavy atom. The maximum atomic E-state index is 13.5. The van der Waals surface area contributed by atoms with Gasteiger partial charge in [-0.05, 0) is 91.9 Å². The molecule has 0 unspecified atom stereocenters. The first-order chi connectivity index (χ1) is 19.1. The number of nitrogens with one attached hydrogen (secondary N) is 2. The van der Waals surface area contributed by atoms with Crippen LogP contribution in [0.25, 0.3) is 0 Å². The van der Waals surface area contributed by atoms with Crippen molar-refractivity contribution in [3.8, 4) is 5.75 Å². The average molecular weight is 585 g/mol. The SMILES string of the molecule is CCOc1ccc(N(CC(=O)Nc2ccc(S(=O)(=O)Nc3cccnc3)cc2)S(=O)(=O)c2ccc(F)cc2)cc1. The summed E-state index contributed by atoms with van der Waals surface area (Å²) in [4.78, 5) is 16.6. The van der Waals surface area contributed by atoms with Crippen molar-refractivity contribution in [3.63, 3.8) is 0 Å². The monoisotopic (exact) mass is 584 g/mol. The molecule has 0 aliphatic rings. The first kappa shape index (κ1) is 28.5. The Hall–Kier alpha value is -4.49. The summed E-state index contributed by atoms with van der Waals surface area (Å²) in [6.45, 7) is 1.61. The predicted octanol–water partition coefficient (Wildman–Crippen LogP) is 4.25. The molecule has 0 spiro atoms.